The zero-order valence-corrected chi connectivity index (χ0v) is 43.6. The molecule has 0 aliphatic heterocycles. The molecule has 0 saturated carbocycles. The van der Waals surface area contributed by atoms with Crippen LogP contribution in [0.25, 0.3) is 0 Å². The summed E-state index contributed by atoms with van der Waals surface area (Å²) >= 11 is 0. The molecule has 0 radical (unpaired) electrons. The molecule has 382 valence electrons. The van der Waals surface area contributed by atoms with Crippen LogP contribution in [-0.2, 0) is 28.6 Å². The molecule has 0 N–H and O–H groups in total. The van der Waals surface area contributed by atoms with Gasteiger partial charge in [-0.15, -0.1) is 0 Å². The van der Waals surface area contributed by atoms with Crippen LogP contribution in [0.5, 0.6) is 0 Å². The van der Waals surface area contributed by atoms with Crippen LogP contribution in [0.15, 0.2) is 97.2 Å². The van der Waals surface area contributed by atoms with Gasteiger partial charge in [0, 0.05) is 19.3 Å². The maximum Gasteiger partial charge on any atom is 0.306 e. The predicted octanol–water partition coefficient (Wildman–Crippen LogP) is 18.5. The van der Waals surface area contributed by atoms with Crippen molar-refractivity contribution in [2.75, 3.05) is 13.2 Å². The van der Waals surface area contributed by atoms with Crippen LogP contribution in [0, 0.1) is 0 Å². The largest absolute Gasteiger partial charge is 0.462 e. The second kappa shape index (κ2) is 54.9. The van der Waals surface area contributed by atoms with Gasteiger partial charge in [-0.1, -0.05) is 227 Å². The smallest absolute Gasteiger partial charge is 0.306 e. The topological polar surface area (TPSA) is 78.9 Å². The molecule has 0 heterocycles. The second-order valence-electron chi connectivity index (χ2n) is 18.1. The Hall–Kier alpha value is -3.67. The third-order valence-corrected chi connectivity index (χ3v) is 11.6. The number of ether oxygens (including phenoxy) is 3. The van der Waals surface area contributed by atoms with Crippen LogP contribution < -0.4 is 0 Å². The number of esters is 3. The highest BCUT2D eigenvalue weighted by Crippen LogP contribution is 2.14. The fraction of sp³-hybridized carbons (Fsp3) is 0.689. The summed E-state index contributed by atoms with van der Waals surface area (Å²) in [7, 11) is 0. The maximum atomic E-state index is 12.7. The number of hydrogen-bond donors (Lipinski definition) is 0. The molecule has 6 nitrogen and oxygen atoms in total. The van der Waals surface area contributed by atoms with E-state index in [1.54, 1.807) is 0 Å². The SMILES string of the molecule is CC/C=C\C/C=C\C/C=C\C/C=C\C/C=C\C/C=C\C/C=C\CCCCCCCCCCCC(=O)OCC(COC(=O)CCCCCCC)OC(=O)CCCCCCC/C=C\CCCCCC. The number of hydrogen-bond acceptors (Lipinski definition) is 6. The highest BCUT2D eigenvalue weighted by atomic mass is 16.6. The van der Waals surface area contributed by atoms with E-state index in [9.17, 15) is 14.4 Å². The normalized spacial score (nSPS) is 12.8. The minimum absolute atomic E-state index is 0.0826. The molecule has 0 saturated heterocycles. The lowest BCUT2D eigenvalue weighted by Crippen LogP contribution is -2.30. The van der Waals surface area contributed by atoms with Gasteiger partial charge in [-0.2, -0.15) is 0 Å². The minimum Gasteiger partial charge on any atom is -0.462 e. The Bertz CT molecular complexity index is 1350. The minimum atomic E-state index is -0.779. The Morgan fingerprint density at radius 3 is 0.940 bits per heavy atom. The van der Waals surface area contributed by atoms with E-state index in [2.05, 4.69) is 118 Å². The molecule has 0 bridgehead atoms. The van der Waals surface area contributed by atoms with Gasteiger partial charge in [-0.05, 0) is 103 Å². The number of unbranched alkanes of at least 4 members (excludes halogenated alkanes) is 22. The first kappa shape index (κ1) is 63.3. The molecule has 0 aromatic carbocycles. The number of rotatable bonds is 49. The van der Waals surface area contributed by atoms with E-state index in [0.29, 0.717) is 19.3 Å². The lowest BCUT2D eigenvalue weighted by Gasteiger charge is -2.18. The van der Waals surface area contributed by atoms with Crippen molar-refractivity contribution >= 4 is 17.9 Å². The van der Waals surface area contributed by atoms with Crippen molar-refractivity contribution in [1.29, 1.82) is 0 Å². The van der Waals surface area contributed by atoms with Gasteiger partial charge in [-0.3, -0.25) is 14.4 Å². The summed E-state index contributed by atoms with van der Waals surface area (Å²) < 4.78 is 16.7. The van der Waals surface area contributed by atoms with Crippen molar-refractivity contribution in [1.82, 2.24) is 0 Å². The monoisotopic (exact) mass is 931 g/mol. The molecular weight excluding hydrogens is 829 g/mol. The van der Waals surface area contributed by atoms with Crippen LogP contribution in [0.3, 0.4) is 0 Å². The fourth-order valence-electron chi connectivity index (χ4n) is 7.42. The van der Waals surface area contributed by atoms with Crippen molar-refractivity contribution in [2.45, 2.75) is 258 Å². The highest BCUT2D eigenvalue weighted by Gasteiger charge is 2.19. The third-order valence-electron chi connectivity index (χ3n) is 11.6. The first-order valence-corrected chi connectivity index (χ1v) is 27.7. The molecule has 0 spiro atoms. The molecule has 6 heteroatoms. The first-order valence-electron chi connectivity index (χ1n) is 27.7. The molecule has 0 aromatic rings. The van der Waals surface area contributed by atoms with Gasteiger partial charge >= 0.3 is 17.9 Å². The number of allylic oxidation sites excluding steroid dienone is 16. The van der Waals surface area contributed by atoms with Crippen molar-refractivity contribution in [2.24, 2.45) is 0 Å². The quantitative estimate of drug-likeness (QED) is 0.0262. The second-order valence-corrected chi connectivity index (χ2v) is 18.1. The van der Waals surface area contributed by atoms with Gasteiger partial charge < -0.3 is 14.2 Å². The maximum absolute atomic E-state index is 12.7. The summed E-state index contributed by atoms with van der Waals surface area (Å²) in [5.41, 5.74) is 0. The van der Waals surface area contributed by atoms with E-state index in [0.717, 1.165) is 128 Å². The van der Waals surface area contributed by atoms with E-state index in [4.69, 9.17) is 14.2 Å². The standard InChI is InChI=1S/C61H102O6/c1-4-7-10-13-15-17-19-21-22-23-24-25-26-27-28-29-30-31-32-33-34-35-36-37-38-40-41-43-45-48-51-54-60(63)66-57-58(56-65-59(62)53-50-47-12-9-6-3)67-61(64)55-52-49-46-44-42-39-20-18-16-14-11-8-5-2/h7,10,15,17-18,20-22,24-25,27-28,30-31,33-34,58H,4-6,8-9,11-14,16,19,23,26,29,32,35-57H2,1-3H3/b10-7-,17-15-,20-18-,22-21-,25-24-,28-27-,31-30-,34-33-. The summed E-state index contributed by atoms with van der Waals surface area (Å²) in [4.78, 5) is 37.7. The van der Waals surface area contributed by atoms with Crippen LogP contribution in [0.4, 0.5) is 0 Å². The summed E-state index contributed by atoms with van der Waals surface area (Å²) in [6, 6.07) is 0. The predicted molar refractivity (Wildman–Crippen MR) is 288 cm³/mol. The van der Waals surface area contributed by atoms with E-state index in [1.165, 1.54) is 83.5 Å². The van der Waals surface area contributed by atoms with Gasteiger partial charge in [0.1, 0.15) is 13.2 Å². The van der Waals surface area contributed by atoms with Crippen molar-refractivity contribution in [3.05, 3.63) is 97.2 Å². The van der Waals surface area contributed by atoms with Crippen molar-refractivity contribution in [3.8, 4) is 0 Å². The number of carbonyl (C=O) groups is 3. The summed E-state index contributed by atoms with van der Waals surface area (Å²) in [6.07, 6.45) is 73.0. The molecule has 0 amide bonds. The van der Waals surface area contributed by atoms with Gasteiger partial charge in [0.15, 0.2) is 6.10 Å². The van der Waals surface area contributed by atoms with Gasteiger partial charge in [0.05, 0.1) is 0 Å². The van der Waals surface area contributed by atoms with E-state index in [1.807, 2.05) is 0 Å². The van der Waals surface area contributed by atoms with Gasteiger partial charge in [-0.25, -0.2) is 0 Å². The van der Waals surface area contributed by atoms with Crippen molar-refractivity contribution in [3.63, 3.8) is 0 Å². The summed E-state index contributed by atoms with van der Waals surface area (Å²) in [6.45, 7) is 6.41. The van der Waals surface area contributed by atoms with Gasteiger partial charge in [0.25, 0.3) is 0 Å². The molecule has 0 fully saturated rings. The van der Waals surface area contributed by atoms with E-state index in [-0.39, 0.29) is 31.1 Å². The fourth-order valence-corrected chi connectivity index (χ4v) is 7.42. The highest BCUT2D eigenvalue weighted by molar-refractivity contribution is 5.71. The van der Waals surface area contributed by atoms with E-state index >= 15 is 0 Å². The summed E-state index contributed by atoms with van der Waals surface area (Å²) in [5, 5.41) is 0. The Kier molecular flexibility index (Phi) is 51.9. The lowest BCUT2D eigenvalue weighted by molar-refractivity contribution is -0.167. The van der Waals surface area contributed by atoms with Gasteiger partial charge in [0.2, 0.25) is 0 Å². The molecule has 0 aliphatic rings. The Labute approximate surface area is 413 Å². The van der Waals surface area contributed by atoms with Crippen LogP contribution in [0.1, 0.15) is 252 Å². The average molecular weight is 931 g/mol. The Morgan fingerprint density at radius 1 is 0.313 bits per heavy atom. The van der Waals surface area contributed by atoms with E-state index < -0.39 is 6.10 Å². The van der Waals surface area contributed by atoms with Crippen molar-refractivity contribution < 1.29 is 28.6 Å². The molecule has 67 heavy (non-hydrogen) atoms. The van der Waals surface area contributed by atoms with Crippen LogP contribution >= 0.6 is 0 Å². The first-order chi connectivity index (χ1) is 33.0. The lowest BCUT2D eigenvalue weighted by atomic mass is 10.1. The van der Waals surface area contributed by atoms with Crippen LogP contribution in [0.2, 0.25) is 0 Å². The zero-order valence-electron chi connectivity index (χ0n) is 43.6. The Morgan fingerprint density at radius 2 is 0.582 bits per heavy atom. The molecule has 1 unspecified atom stereocenters. The summed E-state index contributed by atoms with van der Waals surface area (Å²) in [5.74, 6) is -0.913. The van der Waals surface area contributed by atoms with Crippen LogP contribution in [-0.4, -0.2) is 37.2 Å². The molecular formula is C61H102O6. The molecule has 0 aliphatic carbocycles. The molecule has 0 aromatic heterocycles. The third kappa shape index (κ3) is 53.2. The molecule has 0 rings (SSSR count). The number of carbonyl (C=O) groups excluding carboxylic acids is 3. The zero-order chi connectivity index (χ0) is 48.6. The Balaban J connectivity index is 4.06. The average Bonchev–Trinajstić information content (AvgIpc) is 3.33. The molecule has 1 atom stereocenters.